The average molecular weight is 360 g/mol. The molecule has 0 aliphatic rings. The van der Waals surface area contributed by atoms with Crippen molar-refractivity contribution in [2.75, 3.05) is 13.7 Å². The Morgan fingerprint density at radius 2 is 1.79 bits per heavy atom. The van der Waals surface area contributed by atoms with Crippen molar-refractivity contribution in [1.29, 1.82) is 0 Å². The number of alkyl halides is 2. The van der Waals surface area contributed by atoms with Crippen LogP contribution in [0.4, 0.5) is 8.78 Å². The van der Waals surface area contributed by atoms with Crippen molar-refractivity contribution in [2.45, 2.75) is 18.6 Å². The second-order valence-corrected chi connectivity index (χ2v) is 5.08. The summed E-state index contributed by atoms with van der Waals surface area (Å²) < 4.78 is 37.9. The van der Waals surface area contributed by atoms with E-state index in [1.54, 1.807) is 0 Å². The molecule has 2 aromatic rings. The second kappa shape index (κ2) is 8.82. The first kappa shape index (κ1) is 20.2. The molecule has 0 aliphatic heterocycles. The van der Waals surface area contributed by atoms with Gasteiger partial charge >= 0.3 is 0 Å². The molecule has 0 aromatic heterocycles. The number of benzene rings is 2. The molecule has 2 aromatic carbocycles. The predicted octanol–water partition coefficient (Wildman–Crippen LogP) is 3.32. The minimum absolute atomic E-state index is 0. The first-order chi connectivity index (χ1) is 11.0. The van der Waals surface area contributed by atoms with Crippen molar-refractivity contribution >= 4 is 12.4 Å². The summed E-state index contributed by atoms with van der Waals surface area (Å²) in [5.74, 6) is -2.67. The van der Waals surface area contributed by atoms with Crippen LogP contribution in [0.5, 0.6) is 11.5 Å². The van der Waals surface area contributed by atoms with E-state index in [2.05, 4.69) is 0 Å². The highest BCUT2D eigenvalue weighted by Crippen LogP contribution is 2.35. The molecule has 0 spiro atoms. The van der Waals surface area contributed by atoms with Gasteiger partial charge in [0.2, 0.25) is 0 Å². The molecule has 24 heavy (non-hydrogen) atoms. The van der Waals surface area contributed by atoms with E-state index in [1.807, 2.05) is 30.3 Å². The van der Waals surface area contributed by atoms with Crippen LogP contribution in [0, 0.1) is 0 Å². The SMILES string of the molecule is COc1ccc([C@@H](N)C(F)(F)CO)cc1OCc1ccccc1.Cl. The monoisotopic (exact) mass is 359 g/mol. The topological polar surface area (TPSA) is 64.7 Å². The lowest BCUT2D eigenvalue weighted by atomic mass is 10.0. The summed E-state index contributed by atoms with van der Waals surface area (Å²) in [7, 11) is 1.46. The summed E-state index contributed by atoms with van der Waals surface area (Å²) in [6.45, 7) is -1.05. The molecule has 0 bridgehead atoms. The highest BCUT2D eigenvalue weighted by molar-refractivity contribution is 5.85. The number of hydrogen-bond donors (Lipinski definition) is 2. The molecule has 0 unspecified atom stereocenters. The van der Waals surface area contributed by atoms with Gasteiger partial charge in [0, 0.05) is 0 Å². The van der Waals surface area contributed by atoms with Crippen molar-refractivity contribution in [3.8, 4) is 11.5 Å². The molecular weight excluding hydrogens is 340 g/mol. The van der Waals surface area contributed by atoms with Crippen LogP contribution in [0.1, 0.15) is 17.2 Å². The van der Waals surface area contributed by atoms with Gasteiger partial charge in [0.05, 0.1) is 13.2 Å². The first-order valence-electron chi connectivity index (χ1n) is 7.07. The Morgan fingerprint density at radius 3 is 2.38 bits per heavy atom. The van der Waals surface area contributed by atoms with E-state index in [4.69, 9.17) is 20.3 Å². The van der Waals surface area contributed by atoms with Gasteiger partial charge in [-0.1, -0.05) is 36.4 Å². The van der Waals surface area contributed by atoms with Gasteiger partial charge in [0.1, 0.15) is 13.2 Å². The number of halogens is 3. The van der Waals surface area contributed by atoms with Crippen LogP contribution < -0.4 is 15.2 Å². The molecule has 132 valence electrons. The fourth-order valence-corrected chi connectivity index (χ4v) is 2.08. The number of nitrogens with two attached hydrogens (primary N) is 1. The molecule has 0 radical (unpaired) electrons. The summed E-state index contributed by atoms with van der Waals surface area (Å²) in [5.41, 5.74) is 6.64. The zero-order chi connectivity index (χ0) is 16.9. The highest BCUT2D eigenvalue weighted by Gasteiger charge is 2.37. The van der Waals surface area contributed by atoms with Crippen LogP contribution in [0.2, 0.25) is 0 Å². The Kier molecular flexibility index (Phi) is 7.41. The fraction of sp³-hybridized carbons (Fsp3) is 0.294. The number of methoxy groups -OCH3 is 1. The maximum Gasteiger partial charge on any atom is 0.289 e. The Labute approximate surface area is 145 Å². The predicted molar refractivity (Wildman–Crippen MR) is 90.0 cm³/mol. The van der Waals surface area contributed by atoms with Gasteiger partial charge in [-0.15, -0.1) is 12.4 Å². The minimum Gasteiger partial charge on any atom is -0.493 e. The highest BCUT2D eigenvalue weighted by atomic mass is 35.5. The van der Waals surface area contributed by atoms with E-state index in [-0.39, 0.29) is 24.6 Å². The molecule has 0 saturated heterocycles. The van der Waals surface area contributed by atoms with Gasteiger partial charge in [0.25, 0.3) is 5.92 Å². The molecular formula is C17H20ClF2NO3. The second-order valence-electron chi connectivity index (χ2n) is 5.08. The third kappa shape index (κ3) is 4.80. The summed E-state index contributed by atoms with van der Waals surface area (Å²) in [4.78, 5) is 0. The number of aliphatic hydroxyl groups excluding tert-OH is 1. The van der Waals surface area contributed by atoms with Gasteiger partial charge in [-0.05, 0) is 23.3 Å². The van der Waals surface area contributed by atoms with Gasteiger partial charge in [-0.25, -0.2) is 8.78 Å². The van der Waals surface area contributed by atoms with Crippen LogP contribution >= 0.6 is 12.4 Å². The minimum atomic E-state index is -3.41. The third-order valence-electron chi connectivity index (χ3n) is 3.45. The van der Waals surface area contributed by atoms with Gasteiger partial charge in [0.15, 0.2) is 11.5 Å². The summed E-state index contributed by atoms with van der Waals surface area (Å²) >= 11 is 0. The Bertz CT molecular complexity index is 641. The third-order valence-corrected chi connectivity index (χ3v) is 3.45. The summed E-state index contributed by atoms with van der Waals surface area (Å²) in [6.07, 6.45) is 0. The molecule has 7 heteroatoms. The zero-order valence-electron chi connectivity index (χ0n) is 13.1. The summed E-state index contributed by atoms with van der Waals surface area (Å²) in [6, 6.07) is 12.2. The van der Waals surface area contributed by atoms with E-state index in [1.165, 1.54) is 25.3 Å². The van der Waals surface area contributed by atoms with Crippen molar-refractivity contribution in [1.82, 2.24) is 0 Å². The first-order valence-corrected chi connectivity index (χ1v) is 7.07. The molecule has 0 saturated carbocycles. The largest absolute Gasteiger partial charge is 0.493 e. The molecule has 1 atom stereocenters. The molecule has 4 nitrogen and oxygen atoms in total. The summed E-state index contributed by atoms with van der Waals surface area (Å²) in [5, 5.41) is 8.76. The van der Waals surface area contributed by atoms with Gasteiger partial charge < -0.3 is 20.3 Å². The molecule has 0 fully saturated rings. The van der Waals surface area contributed by atoms with Crippen LogP contribution in [0.15, 0.2) is 48.5 Å². The fourth-order valence-electron chi connectivity index (χ4n) is 2.08. The molecule has 3 N–H and O–H groups in total. The zero-order valence-corrected chi connectivity index (χ0v) is 13.9. The van der Waals surface area contributed by atoms with Crippen molar-refractivity contribution in [3.63, 3.8) is 0 Å². The maximum atomic E-state index is 13.5. The van der Waals surface area contributed by atoms with Gasteiger partial charge in [-0.3, -0.25) is 0 Å². The number of aliphatic hydroxyl groups is 1. The van der Waals surface area contributed by atoms with Crippen molar-refractivity contribution in [3.05, 3.63) is 59.7 Å². The van der Waals surface area contributed by atoms with Crippen LogP contribution in [-0.2, 0) is 6.61 Å². The van der Waals surface area contributed by atoms with Crippen LogP contribution in [0.25, 0.3) is 0 Å². The molecule has 2 rings (SSSR count). The number of hydrogen-bond acceptors (Lipinski definition) is 4. The van der Waals surface area contributed by atoms with E-state index < -0.39 is 18.6 Å². The Balaban J connectivity index is 0.00000288. The van der Waals surface area contributed by atoms with E-state index in [0.717, 1.165) is 5.56 Å². The lowest BCUT2D eigenvalue weighted by molar-refractivity contribution is -0.0712. The van der Waals surface area contributed by atoms with Crippen molar-refractivity contribution in [2.24, 2.45) is 5.73 Å². The van der Waals surface area contributed by atoms with E-state index >= 15 is 0 Å². The van der Waals surface area contributed by atoms with E-state index in [0.29, 0.717) is 11.5 Å². The number of ether oxygens (including phenoxy) is 2. The van der Waals surface area contributed by atoms with Gasteiger partial charge in [-0.2, -0.15) is 0 Å². The quantitative estimate of drug-likeness (QED) is 0.796. The lowest BCUT2D eigenvalue weighted by Gasteiger charge is -2.22. The molecule has 0 heterocycles. The molecule has 0 aliphatic carbocycles. The average Bonchev–Trinajstić information content (AvgIpc) is 2.59. The smallest absolute Gasteiger partial charge is 0.289 e. The standard InChI is InChI=1S/C17H19F2NO3.ClH/c1-22-14-8-7-13(16(20)17(18,19)11-21)9-15(14)23-10-12-5-3-2-4-6-12;/h2-9,16,21H,10-11,20H2,1H3;1H/t16-;/m1./s1. The Morgan fingerprint density at radius 1 is 1.12 bits per heavy atom. The van der Waals surface area contributed by atoms with Crippen LogP contribution in [0.3, 0.4) is 0 Å². The van der Waals surface area contributed by atoms with Crippen LogP contribution in [-0.4, -0.2) is 24.7 Å². The maximum absolute atomic E-state index is 13.5. The lowest BCUT2D eigenvalue weighted by Crippen LogP contribution is -2.36. The normalized spacial score (nSPS) is 12.2. The number of rotatable bonds is 7. The Hall–Kier alpha value is -1.89. The molecule has 0 amide bonds. The van der Waals surface area contributed by atoms with E-state index in [9.17, 15) is 8.78 Å². The van der Waals surface area contributed by atoms with Crippen molar-refractivity contribution < 1.29 is 23.4 Å².